The van der Waals surface area contributed by atoms with Crippen LogP contribution in [0.15, 0.2) is 11.3 Å². The largest absolute Gasteiger partial charge is 0.402 e. The van der Waals surface area contributed by atoms with E-state index < -0.39 is 0 Å². The predicted octanol–water partition coefficient (Wildman–Crippen LogP) is 3.07. The van der Waals surface area contributed by atoms with Crippen molar-refractivity contribution in [2.75, 3.05) is 0 Å². The van der Waals surface area contributed by atoms with E-state index in [-0.39, 0.29) is 0 Å². The van der Waals surface area contributed by atoms with Crippen LogP contribution in [0.25, 0.3) is 0 Å². The Balaban J connectivity index is 2.75. The Morgan fingerprint density at radius 2 is 2.08 bits per heavy atom. The summed E-state index contributed by atoms with van der Waals surface area (Å²) >= 11 is 0. The third kappa shape index (κ3) is 2.02. The molecule has 70 valence electrons. The number of nitrogens with two attached hydrogens (primary N) is 1. The molecular weight excluding hydrogens is 146 g/mol. The van der Waals surface area contributed by atoms with Crippen LogP contribution in [0.2, 0.25) is 0 Å². The monoisotopic (exact) mass is 167 g/mol. The molecule has 0 saturated heterocycles. The summed E-state index contributed by atoms with van der Waals surface area (Å²) in [6.45, 7) is 6.68. The molecule has 1 heteroatoms. The van der Waals surface area contributed by atoms with E-state index >= 15 is 0 Å². The van der Waals surface area contributed by atoms with Gasteiger partial charge < -0.3 is 5.73 Å². The highest BCUT2D eigenvalue weighted by Gasteiger charge is 2.17. The van der Waals surface area contributed by atoms with E-state index in [4.69, 9.17) is 5.73 Å². The zero-order valence-corrected chi connectivity index (χ0v) is 8.56. The Kier molecular flexibility index (Phi) is 3.19. The molecule has 1 aliphatic rings. The molecule has 0 heterocycles. The summed E-state index contributed by atoms with van der Waals surface area (Å²) in [5.41, 5.74) is 8.75. The summed E-state index contributed by atoms with van der Waals surface area (Å²) < 4.78 is 0. The minimum Gasteiger partial charge on any atom is -0.402 e. The summed E-state index contributed by atoms with van der Waals surface area (Å²) in [6.07, 6.45) is 5.30. The van der Waals surface area contributed by atoms with Crippen LogP contribution in [-0.2, 0) is 0 Å². The highest BCUT2D eigenvalue weighted by molar-refractivity contribution is 5.16. The van der Waals surface area contributed by atoms with E-state index in [0.717, 1.165) is 11.6 Å². The number of hydrogen-bond donors (Lipinski definition) is 1. The highest BCUT2D eigenvalue weighted by atomic mass is 14.6. The normalized spacial score (nSPS) is 29.2. The molecule has 1 unspecified atom stereocenters. The molecule has 0 aliphatic heterocycles. The lowest BCUT2D eigenvalue weighted by molar-refractivity contribution is 0.470. The van der Waals surface area contributed by atoms with Gasteiger partial charge in [0.1, 0.15) is 0 Å². The van der Waals surface area contributed by atoms with Gasteiger partial charge in [-0.15, -0.1) is 0 Å². The first-order valence-corrected chi connectivity index (χ1v) is 5.11. The van der Waals surface area contributed by atoms with E-state index in [2.05, 4.69) is 20.8 Å². The van der Waals surface area contributed by atoms with E-state index in [9.17, 15) is 0 Å². The van der Waals surface area contributed by atoms with Crippen molar-refractivity contribution in [3.63, 3.8) is 0 Å². The molecule has 0 aromatic heterocycles. The van der Waals surface area contributed by atoms with Crippen molar-refractivity contribution in [1.29, 1.82) is 0 Å². The lowest BCUT2D eigenvalue weighted by Crippen LogP contribution is -2.16. The Hall–Kier alpha value is -0.460. The van der Waals surface area contributed by atoms with Gasteiger partial charge in [-0.3, -0.25) is 0 Å². The number of rotatable bonds is 1. The maximum absolute atomic E-state index is 6.06. The second kappa shape index (κ2) is 3.97. The fraction of sp³-hybridized carbons (Fsp3) is 0.818. The van der Waals surface area contributed by atoms with Gasteiger partial charge in [-0.2, -0.15) is 0 Å². The van der Waals surface area contributed by atoms with Gasteiger partial charge in [-0.1, -0.05) is 27.2 Å². The SMILES string of the molecule is CC(C)/C(N)=C1\CCCCC1C. The predicted molar refractivity (Wildman–Crippen MR) is 53.7 cm³/mol. The van der Waals surface area contributed by atoms with Gasteiger partial charge >= 0.3 is 0 Å². The molecule has 0 radical (unpaired) electrons. The molecule has 1 aliphatic carbocycles. The van der Waals surface area contributed by atoms with Crippen molar-refractivity contribution in [1.82, 2.24) is 0 Å². The van der Waals surface area contributed by atoms with Gasteiger partial charge in [0.25, 0.3) is 0 Å². The number of hydrogen-bond acceptors (Lipinski definition) is 1. The molecule has 1 saturated carbocycles. The Labute approximate surface area is 76.0 Å². The van der Waals surface area contributed by atoms with Crippen LogP contribution in [0, 0.1) is 11.8 Å². The quantitative estimate of drug-likeness (QED) is 0.638. The molecule has 2 N–H and O–H groups in total. The topological polar surface area (TPSA) is 26.0 Å². The van der Waals surface area contributed by atoms with Gasteiger partial charge in [-0.25, -0.2) is 0 Å². The lowest BCUT2D eigenvalue weighted by Gasteiger charge is -2.25. The van der Waals surface area contributed by atoms with Crippen LogP contribution in [0.5, 0.6) is 0 Å². The van der Waals surface area contributed by atoms with Gasteiger partial charge in [0.2, 0.25) is 0 Å². The summed E-state index contributed by atoms with van der Waals surface area (Å²) in [4.78, 5) is 0. The van der Waals surface area contributed by atoms with Crippen LogP contribution in [0.4, 0.5) is 0 Å². The summed E-state index contributed by atoms with van der Waals surface area (Å²) in [6, 6.07) is 0. The van der Waals surface area contributed by atoms with Gasteiger partial charge in [0.05, 0.1) is 0 Å². The lowest BCUT2D eigenvalue weighted by atomic mass is 9.83. The zero-order chi connectivity index (χ0) is 9.14. The van der Waals surface area contributed by atoms with Crippen molar-refractivity contribution in [3.05, 3.63) is 11.3 Å². The minimum atomic E-state index is 0.528. The molecular formula is C11H21N. The molecule has 1 atom stereocenters. The van der Waals surface area contributed by atoms with Gasteiger partial charge in [-0.05, 0) is 36.7 Å². The average Bonchev–Trinajstić information content (AvgIpc) is 2.04. The second-order valence-corrected chi connectivity index (χ2v) is 4.28. The molecule has 1 fully saturated rings. The van der Waals surface area contributed by atoms with Crippen molar-refractivity contribution in [3.8, 4) is 0 Å². The van der Waals surface area contributed by atoms with Crippen molar-refractivity contribution in [2.24, 2.45) is 17.6 Å². The van der Waals surface area contributed by atoms with Crippen LogP contribution in [-0.4, -0.2) is 0 Å². The highest BCUT2D eigenvalue weighted by Crippen LogP contribution is 2.31. The van der Waals surface area contributed by atoms with E-state index in [1.807, 2.05) is 0 Å². The fourth-order valence-electron chi connectivity index (χ4n) is 1.99. The van der Waals surface area contributed by atoms with Crippen LogP contribution in [0.3, 0.4) is 0 Å². The van der Waals surface area contributed by atoms with Crippen LogP contribution >= 0.6 is 0 Å². The Bertz CT molecular complexity index is 179. The molecule has 0 bridgehead atoms. The van der Waals surface area contributed by atoms with Crippen LogP contribution < -0.4 is 5.73 Å². The molecule has 0 spiro atoms. The standard InChI is InChI=1S/C11H21N/c1-8(2)11(12)10-7-5-4-6-9(10)3/h8-9H,4-7,12H2,1-3H3/b11-10-. The second-order valence-electron chi connectivity index (χ2n) is 4.28. The van der Waals surface area contributed by atoms with Gasteiger partial charge in [0, 0.05) is 5.70 Å². The Morgan fingerprint density at radius 3 is 2.58 bits per heavy atom. The molecule has 1 rings (SSSR count). The third-order valence-electron chi connectivity index (χ3n) is 2.92. The van der Waals surface area contributed by atoms with E-state index in [1.54, 1.807) is 0 Å². The molecule has 0 amide bonds. The maximum atomic E-state index is 6.06. The van der Waals surface area contributed by atoms with E-state index in [1.165, 1.54) is 31.3 Å². The minimum absolute atomic E-state index is 0.528. The van der Waals surface area contributed by atoms with Crippen molar-refractivity contribution >= 4 is 0 Å². The summed E-state index contributed by atoms with van der Waals surface area (Å²) in [5, 5.41) is 0. The molecule has 0 aromatic carbocycles. The summed E-state index contributed by atoms with van der Waals surface area (Å²) in [7, 11) is 0. The molecule has 1 nitrogen and oxygen atoms in total. The summed E-state index contributed by atoms with van der Waals surface area (Å²) in [5.74, 6) is 1.27. The maximum Gasteiger partial charge on any atom is 0.0101 e. The third-order valence-corrected chi connectivity index (χ3v) is 2.92. The number of allylic oxidation sites excluding steroid dienone is 2. The average molecular weight is 167 g/mol. The zero-order valence-electron chi connectivity index (χ0n) is 8.56. The molecule has 0 aromatic rings. The first-order chi connectivity index (χ1) is 5.63. The smallest absolute Gasteiger partial charge is 0.0101 e. The van der Waals surface area contributed by atoms with E-state index in [0.29, 0.717) is 5.92 Å². The first-order valence-electron chi connectivity index (χ1n) is 5.11. The molecule has 12 heavy (non-hydrogen) atoms. The van der Waals surface area contributed by atoms with Crippen molar-refractivity contribution in [2.45, 2.75) is 46.5 Å². The van der Waals surface area contributed by atoms with Crippen molar-refractivity contribution < 1.29 is 0 Å². The van der Waals surface area contributed by atoms with Crippen LogP contribution in [0.1, 0.15) is 46.5 Å². The van der Waals surface area contributed by atoms with Gasteiger partial charge in [0.15, 0.2) is 0 Å². The Morgan fingerprint density at radius 1 is 1.42 bits per heavy atom. The fourth-order valence-corrected chi connectivity index (χ4v) is 1.99. The first kappa shape index (κ1) is 9.63.